The van der Waals surface area contributed by atoms with Crippen LogP contribution in [0.15, 0.2) is 56.3 Å². The van der Waals surface area contributed by atoms with Gasteiger partial charge in [0.15, 0.2) is 5.69 Å². The number of esters is 2. The van der Waals surface area contributed by atoms with Crippen molar-refractivity contribution >= 4 is 40.6 Å². The molecule has 0 fully saturated rings. The van der Waals surface area contributed by atoms with Gasteiger partial charge in [0.25, 0.3) is 0 Å². The lowest BCUT2D eigenvalue weighted by Gasteiger charge is -2.27. The Morgan fingerprint density at radius 3 is 2.81 bits per heavy atom. The molecule has 0 saturated heterocycles. The normalized spacial score (nSPS) is 15.9. The van der Waals surface area contributed by atoms with Gasteiger partial charge in [0.05, 0.1) is 24.1 Å². The molecule has 4 rings (SSSR count). The Morgan fingerprint density at radius 2 is 2.10 bits per heavy atom. The second-order valence-electron chi connectivity index (χ2n) is 6.29. The minimum Gasteiger partial charge on any atom is -0.467 e. The van der Waals surface area contributed by atoms with E-state index in [-0.39, 0.29) is 30.2 Å². The molecule has 1 aliphatic heterocycles. The highest BCUT2D eigenvalue weighted by atomic mass is 32.1. The average molecular weight is 460 g/mol. The second kappa shape index (κ2) is 9.14. The van der Waals surface area contributed by atoms with E-state index in [4.69, 9.17) is 13.9 Å². The predicted octanol–water partition coefficient (Wildman–Crippen LogP) is 3.49. The van der Waals surface area contributed by atoms with Crippen molar-refractivity contribution in [3.8, 4) is 10.6 Å². The summed E-state index contributed by atoms with van der Waals surface area (Å²) in [4.78, 5) is 41.6. The first-order valence-corrected chi connectivity index (χ1v) is 11.1. The Bertz CT molecular complexity index is 1120. The van der Waals surface area contributed by atoms with Crippen LogP contribution in [0, 0.1) is 0 Å². The zero-order chi connectivity index (χ0) is 21.8. The van der Waals surface area contributed by atoms with Crippen LogP contribution >= 0.6 is 22.7 Å². The number of thiophene rings is 1. The van der Waals surface area contributed by atoms with Crippen LogP contribution in [-0.2, 0) is 14.3 Å². The van der Waals surface area contributed by atoms with Gasteiger partial charge in [-0.1, -0.05) is 0 Å². The first kappa shape index (κ1) is 20.8. The fourth-order valence-electron chi connectivity index (χ4n) is 2.95. The van der Waals surface area contributed by atoms with Crippen molar-refractivity contribution in [3.05, 3.63) is 63.3 Å². The number of nitrogens with zero attached hydrogens (tertiary/aromatic N) is 1. The van der Waals surface area contributed by atoms with Gasteiger partial charge in [-0.05, 0) is 30.5 Å². The highest BCUT2D eigenvalue weighted by Crippen LogP contribution is 2.29. The van der Waals surface area contributed by atoms with Crippen molar-refractivity contribution in [2.75, 3.05) is 13.2 Å². The van der Waals surface area contributed by atoms with Gasteiger partial charge < -0.3 is 24.5 Å². The third-order valence-corrected chi connectivity index (χ3v) is 5.88. The lowest BCUT2D eigenvalue weighted by molar-refractivity contribution is -0.139. The van der Waals surface area contributed by atoms with Crippen LogP contribution in [-0.4, -0.2) is 36.2 Å². The molecule has 1 atom stereocenters. The summed E-state index contributed by atoms with van der Waals surface area (Å²) in [7, 11) is 0. The molecule has 0 aromatic carbocycles. The summed E-state index contributed by atoms with van der Waals surface area (Å²) >= 11 is 2.86. The number of hydrogen-bond donors (Lipinski definition) is 2. The number of carbonyl (C=O) groups is 3. The minimum atomic E-state index is -0.874. The Hall–Kier alpha value is -3.44. The molecule has 2 N–H and O–H groups in total. The minimum absolute atomic E-state index is 0.0986. The summed E-state index contributed by atoms with van der Waals surface area (Å²) in [6, 6.07) is 3.74. The lowest BCUT2D eigenvalue weighted by Crippen LogP contribution is -2.47. The molecule has 0 aliphatic carbocycles. The summed E-state index contributed by atoms with van der Waals surface area (Å²) in [5.74, 6) is -0.978. The Morgan fingerprint density at radius 1 is 1.23 bits per heavy atom. The number of urea groups is 1. The second-order valence-corrected chi connectivity index (χ2v) is 7.92. The topological polar surface area (TPSA) is 120 Å². The molecule has 0 spiro atoms. The van der Waals surface area contributed by atoms with Gasteiger partial charge in [-0.25, -0.2) is 19.4 Å². The van der Waals surface area contributed by atoms with E-state index in [1.807, 2.05) is 16.8 Å². The van der Waals surface area contributed by atoms with E-state index in [9.17, 15) is 14.4 Å². The number of hydrogen-bond acceptors (Lipinski definition) is 9. The highest BCUT2D eigenvalue weighted by molar-refractivity contribution is 7.14. The zero-order valence-electron chi connectivity index (χ0n) is 16.2. The number of amides is 2. The van der Waals surface area contributed by atoms with Crippen LogP contribution in [0.25, 0.3) is 10.6 Å². The van der Waals surface area contributed by atoms with Gasteiger partial charge in [-0.2, -0.15) is 11.3 Å². The molecule has 4 heterocycles. The molecular weight excluding hydrogens is 442 g/mol. The molecule has 0 radical (unpaired) electrons. The highest BCUT2D eigenvalue weighted by Gasteiger charge is 2.35. The first-order chi connectivity index (χ1) is 15.1. The van der Waals surface area contributed by atoms with E-state index < -0.39 is 24.0 Å². The van der Waals surface area contributed by atoms with Gasteiger partial charge in [0.2, 0.25) is 0 Å². The Balaban J connectivity index is 1.56. The van der Waals surface area contributed by atoms with E-state index in [0.29, 0.717) is 10.8 Å². The SMILES string of the molecule is CCOC(=O)C1=C(COC(=O)c2csc(-c3ccsc3)n2)NC(=O)NC1c1ccco1. The fourth-order valence-corrected chi connectivity index (χ4v) is 4.45. The Labute approximate surface area is 184 Å². The molecule has 2 amide bonds. The van der Waals surface area contributed by atoms with Gasteiger partial charge in [-0.15, -0.1) is 11.3 Å². The summed E-state index contributed by atoms with van der Waals surface area (Å²) in [5.41, 5.74) is 1.28. The third kappa shape index (κ3) is 4.52. The van der Waals surface area contributed by atoms with Crippen molar-refractivity contribution in [3.63, 3.8) is 0 Å². The molecular formula is C20H17N3O6S2. The van der Waals surface area contributed by atoms with Crippen molar-refractivity contribution in [1.29, 1.82) is 0 Å². The standard InChI is InChI=1S/C20H17N3O6S2/c1-2-27-19(25)15-12(22-20(26)23-16(15)14-4-3-6-28-14)8-29-18(24)13-10-31-17(21-13)11-5-7-30-9-11/h3-7,9-10,16H,2,8H2,1H3,(H2,22,23,26). The predicted molar refractivity (Wildman–Crippen MR) is 112 cm³/mol. The number of thiazole rings is 1. The molecule has 0 saturated carbocycles. The largest absolute Gasteiger partial charge is 0.467 e. The summed E-state index contributed by atoms with van der Waals surface area (Å²) in [5, 5.41) is 11.3. The molecule has 11 heteroatoms. The average Bonchev–Trinajstić information content (AvgIpc) is 3.53. The van der Waals surface area contributed by atoms with Crippen LogP contribution in [0.3, 0.4) is 0 Å². The number of nitrogens with one attached hydrogen (secondary N) is 2. The fraction of sp³-hybridized carbons (Fsp3) is 0.200. The van der Waals surface area contributed by atoms with E-state index >= 15 is 0 Å². The molecule has 31 heavy (non-hydrogen) atoms. The quantitative estimate of drug-likeness (QED) is 0.519. The van der Waals surface area contributed by atoms with E-state index in [2.05, 4.69) is 15.6 Å². The number of ether oxygens (including phenoxy) is 2. The van der Waals surface area contributed by atoms with Gasteiger partial charge in [0.1, 0.15) is 23.4 Å². The van der Waals surface area contributed by atoms with Crippen LogP contribution in [0.5, 0.6) is 0 Å². The van der Waals surface area contributed by atoms with Gasteiger partial charge in [-0.3, -0.25) is 0 Å². The van der Waals surface area contributed by atoms with Gasteiger partial charge >= 0.3 is 18.0 Å². The molecule has 9 nitrogen and oxygen atoms in total. The lowest BCUT2D eigenvalue weighted by atomic mass is 10.0. The molecule has 0 bridgehead atoms. The summed E-state index contributed by atoms with van der Waals surface area (Å²) < 4.78 is 15.8. The van der Waals surface area contributed by atoms with Crippen molar-refractivity contribution in [1.82, 2.24) is 15.6 Å². The third-order valence-electron chi connectivity index (χ3n) is 4.31. The number of furan rings is 1. The van der Waals surface area contributed by atoms with Crippen LogP contribution in [0.2, 0.25) is 0 Å². The Kier molecular flexibility index (Phi) is 6.14. The van der Waals surface area contributed by atoms with Crippen LogP contribution < -0.4 is 10.6 Å². The monoisotopic (exact) mass is 459 g/mol. The summed E-state index contributed by atoms with van der Waals surface area (Å²) in [6.45, 7) is 1.46. The van der Waals surface area contributed by atoms with Gasteiger partial charge in [0, 0.05) is 16.3 Å². The molecule has 1 unspecified atom stereocenters. The maximum Gasteiger partial charge on any atom is 0.358 e. The van der Waals surface area contributed by atoms with Crippen molar-refractivity contribution in [2.45, 2.75) is 13.0 Å². The van der Waals surface area contributed by atoms with Crippen LogP contribution in [0.1, 0.15) is 29.2 Å². The summed E-state index contributed by atoms with van der Waals surface area (Å²) in [6.07, 6.45) is 1.43. The first-order valence-electron chi connectivity index (χ1n) is 9.23. The number of aromatic nitrogens is 1. The van der Waals surface area contributed by atoms with Crippen molar-refractivity contribution in [2.24, 2.45) is 0 Å². The van der Waals surface area contributed by atoms with E-state index in [0.717, 1.165) is 5.56 Å². The molecule has 3 aromatic rings. The van der Waals surface area contributed by atoms with Crippen LogP contribution in [0.4, 0.5) is 4.79 Å². The number of carbonyl (C=O) groups excluding carboxylic acids is 3. The number of rotatable bonds is 7. The smallest absolute Gasteiger partial charge is 0.358 e. The zero-order valence-corrected chi connectivity index (χ0v) is 17.9. The maximum absolute atomic E-state index is 12.6. The van der Waals surface area contributed by atoms with E-state index in [1.165, 1.54) is 28.9 Å². The molecule has 3 aromatic heterocycles. The molecule has 1 aliphatic rings. The molecule has 160 valence electrons. The van der Waals surface area contributed by atoms with E-state index in [1.54, 1.807) is 24.4 Å². The van der Waals surface area contributed by atoms with Crippen molar-refractivity contribution < 1.29 is 28.3 Å². The maximum atomic E-state index is 12.6.